The van der Waals surface area contributed by atoms with Gasteiger partial charge in [0.05, 0.1) is 16.1 Å². The third kappa shape index (κ3) is 5.81. The van der Waals surface area contributed by atoms with Crippen molar-refractivity contribution in [2.75, 3.05) is 24.1 Å². The minimum Gasteiger partial charge on any atom is -0.348 e. The van der Waals surface area contributed by atoms with Crippen LogP contribution in [-0.4, -0.2) is 57.4 Å². The van der Waals surface area contributed by atoms with Gasteiger partial charge in [-0.1, -0.05) is 6.07 Å². The number of carbonyl (C=O) groups is 1. The largest absolute Gasteiger partial charge is 0.348 e. The molecule has 1 saturated heterocycles. The van der Waals surface area contributed by atoms with Gasteiger partial charge in [0.2, 0.25) is 10.0 Å². The molecule has 1 aliphatic rings. The van der Waals surface area contributed by atoms with Gasteiger partial charge in [0.1, 0.15) is 0 Å². The van der Waals surface area contributed by atoms with Crippen molar-refractivity contribution in [3.63, 3.8) is 0 Å². The molecule has 172 valence electrons. The van der Waals surface area contributed by atoms with Crippen LogP contribution in [0.4, 0.5) is 11.4 Å². The summed E-state index contributed by atoms with van der Waals surface area (Å²) >= 11 is 0. The molecule has 1 aliphatic heterocycles. The molecule has 0 radical (unpaired) electrons. The predicted octanol–water partition coefficient (Wildman–Crippen LogP) is 1.55. The van der Waals surface area contributed by atoms with Crippen LogP contribution in [0.5, 0.6) is 0 Å². The number of nitro groups is 1. The van der Waals surface area contributed by atoms with E-state index in [1.807, 2.05) is 0 Å². The van der Waals surface area contributed by atoms with Crippen LogP contribution < -0.4 is 10.0 Å². The molecule has 0 aromatic heterocycles. The number of sulfonamides is 2. The number of hydrogen-bond donors (Lipinski definition) is 2. The van der Waals surface area contributed by atoms with Gasteiger partial charge in [-0.2, -0.15) is 0 Å². The standard InChI is InChI=1S/C19H22N4O7S2/c1-31(27,28)22-11-3-4-16(13-22)20-19(24)14-7-9-15(10-8-14)21-32(29,30)18-6-2-5-17(12-18)23(25)26/h2,5-10,12,16,21H,3-4,11,13H2,1H3,(H,20,24). The lowest BCUT2D eigenvalue weighted by atomic mass is 10.1. The van der Waals surface area contributed by atoms with Crippen molar-refractivity contribution in [2.45, 2.75) is 23.8 Å². The lowest BCUT2D eigenvalue weighted by molar-refractivity contribution is -0.385. The minimum absolute atomic E-state index is 0.175. The van der Waals surface area contributed by atoms with Gasteiger partial charge < -0.3 is 5.32 Å². The molecule has 11 nitrogen and oxygen atoms in total. The average molecular weight is 483 g/mol. The van der Waals surface area contributed by atoms with Crippen LogP contribution in [0.1, 0.15) is 23.2 Å². The number of nitrogens with zero attached hydrogens (tertiary/aromatic N) is 2. The molecule has 2 N–H and O–H groups in total. The molecule has 0 bridgehead atoms. The molecular formula is C19H22N4O7S2. The van der Waals surface area contributed by atoms with Crippen molar-refractivity contribution < 1.29 is 26.6 Å². The third-order valence-corrected chi connectivity index (χ3v) is 7.58. The first-order chi connectivity index (χ1) is 15.0. The molecule has 1 unspecified atom stereocenters. The molecule has 13 heteroatoms. The molecule has 1 fully saturated rings. The number of carbonyl (C=O) groups excluding carboxylic acids is 1. The molecule has 1 atom stereocenters. The molecule has 1 amide bonds. The maximum atomic E-state index is 12.5. The fraction of sp³-hybridized carbons (Fsp3) is 0.316. The summed E-state index contributed by atoms with van der Waals surface area (Å²) in [7, 11) is -7.40. The topological polar surface area (TPSA) is 156 Å². The van der Waals surface area contributed by atoms with E-state index in [9.17, 15) is 31.7 Å². The van der Waals surface area contributed by atoms with E-state index in [1.165, 1.54) is 46.8 Å². The molecule has 2 aromatic rings. The van der Waals surface area contributed by atoms with Crippen LogP contribution in [0, 0.1) is 10.1 Å². The van der Waals surface area contributed by atoms with E-state index in [1.54, 1.807) is 0 Å². The summed E-state index contributed by atoms with van der Waals surface area (Å²) in [5.41, 5.74) is 0.103. The highest BCUT2D eigenvalue weighted by molar-refractivity contribution is 7.92. The number of rotatable bonds is 7. The Morgan fingerprint density at radius 1 is 1.12 bits per heavy atom. The SMILES string of the molecule is CS(=O)(=O)N1CCCC(NC(=O)c2ccc(NS(=O)(=O)c3cccc([N+](=O)[O-])c3)cc2)C1. The fourth-order valence-electron chi connectivity index (χ4n) is 3.30. The van der Waals surface area contributed by atoms with E-state index in [0.717, 1.165) is 12.3 Å². The van der Waals surface area contributed by atoms with Crippen molar-refractivity contribution in [1.29, 1.82) is 0 Å². The Hall–Kier alpha value is -3.03. The maximum Gasteiger partial charge on any atom is 0.270 e. The predicted molar refractivity (Wildman–Crippen MR) is 117 cm³/mol. The first kappa shape index (κ1) is 23.6. The van der Waals surface area contributed by atoms with Crippen molar-refractivity contribution >= 4 is 37.3 Å². The number of piperidine rings is 1. The molecule has 0 saturated carbocycles. The lowest BCUT2D eigenvalue weighted by Gasteiger charge is -2.31. The van der Waals surface area contributed by atoms with Gasteiger partial charge in [-0.05, 0) is 43.2 Å². The summed E-state index contributed by atoms with van der Waals surface area (Å²) in [5, 5.41) is 13.7. The van der Waals surface area contributed by atoms with Gasteiger partial charge in [0.15, 0.2) is 0 Å². The highest BCUT2D eigenvalue weighted by atomic mass is 32.2. The second-order valence-electron chi connectivity index (χ2n) is 7.37. The van der Waals surface area contributed by atoms with E-state index < -0.39 is 30.9 Å². The van der Waals surface area contributed by atoms with Crippen LogP contribution in [0.25, 0.3) is 0 Å². The highest BCUT2D eigenvalue weighted by Crippen LogP contribution is 2.21. The minimum atomic E-state index is -4.06. The van der Waals surface area contributed by atoms with E-state index in [4.69, 9.17) is 0 Å². The number of non-ortho nitro benzene ring substituents is 1. The molecule has 3 rings (SSSR count). The third-order valence-electron chi connectivity index (χ3n) is 4.93. The van der Waals surface area contributed by atoms with Crippen LogP contribution in [0.3, 0.4) is 0 Å². The molecule has 0 spiro atoms. The maximum absolute atomic E-state index is 12.5. The van der Waals surface area contributed by atoms with Gasteiger partial charge in [0.25, 0.3) is 21.6 Å². The van der Waals surface area contributed by atoms with Gasteiger partial charge in [-0.15, -0.1) is 0 Å². The van der Waals surface area contributed by atoms with Crippen LogP contribution >= 0.6 is 0 Å². The Morgan fingerprint density at radius 2 is 1.81 bits per heavy atom. The Labute approximate surface area is 185 Å². The summed E-state index contributed by atoms with van der Waals surface area (Å²) in [6.45, 7) is 0.621. The lowest BCUT2D eigenvalue weighted by Crippen LogP contribution is -2.49. The smallest absolute Gasteiger partial charge is 0.270 e. The van der Waals surface area contributed by atoms with Crippen molar-refractivity contribution in [3.05, 3.63) is 64.2 Å². The van der Waals surface area contributed by atoms with Gasteiger partial charge in [-0.25, -0.2) is 21.1 Å². The van der Waals surface area contributed by atoms with Crippen LogP contribution in [-0.2, 0) is 20.0 Å². The average Bonchev–Trinajstić information content (AvgIpc) is 2.73. The van der Waals surface area contributed by atoms with E-state index in [2.05, 4.69) is 10.0 Å². The van der Waals surface area contributed by atoms with Gasteiger partial charge >= 0.3 is 0 Å². The first-order valence-electron chi connectivity index (χ1n) is 9.59. The van der Waals surface area contributed by atoms with Crippen molar-refractivity contribution in [2.24, 2.45) is 0 Å². The second-order valence-corrected chi connectivity index (χ2v) is 11.0. The van der Waals surface area contributed by atoms with Gasteiger partial charge in [-0.3, -0.25) is 19.6 Å². The summed E-state index contributed by atoms with van der Waals surface area (Å²) < 4.78 is 52.1. The van der Waals surface area contributed by atoms with Gasteiger partial charge in [0, 0.05) is 42.5 Å². The quantitative estimate of drug-likeness (QED) is 0.448. The number of benzene rings is 2. The van der Waals surface area contributed by atoms with E-state index in [0.29, 0.717) is 19.4 Å². The molecule has 2 aromatic carbocycles. The molecule has 1 heterocycles. The molecule has 32 heavy (non-hydrogen) atoms. The van der Waals surface area contributed by atoms with E-state index >= 15 is 0 Å². The number of nitrogens with one attached hydrogen (secondary N) is 2. The second kappa shape index (κ2) is 9.22. The zero-order chi connectivity index (χ0) is 23.5. The summed E-state index contributed by atoms with van der Waals surface area (Å²) in [6, 6.07) is 9.98. The number of nitro benzene ring substituents is 1. The fourth-order valence-corrected chi connectivity index (χ4v) is 5.31. The Bertz CT molecular complexity index is 1230. The number of amides is 1. The highest BCUT2D eigenvalue weighted by Gasteiger charge is 2.27. The first-order valence-corrected chi connectivity index (χ1v) is 12.9. The Balaban J connectivity index is 1.66. The molecular weight excluding hydrogens is 460 g/mol. The summed E-state index contributed by atoms with van der Waals surface area (Å²) in [5.74, 6) is -0.404. The summed E-state index contributed by atoms with van der Waals surface area (Å²) in [4.78, 5) is 22.4. The summed E-state index contributed by atoms with van der Waals surface area (Å²) in [6.07, 6.45) is 2.42. The Kier molecular flexibility index (Phi) is 6.81. The Morgan fingerprint density at radius 3 is 2.44 bits per heavy atom. The monoisotopic (exact) mass is 482 g/mol. The van der Waals surface area contributed by atoms with Crippen LogP contribution in [0.15, 0.2) is 53.4 Å². The number of anilines is 1. The number of hydrogen-bond acceptors (Lipinski definition) is 7. The van der Waals surface area contributed by atoms with Crippen molar-refractivity contribution in [1.82, 2.24) is 9.62 Å². The molecule has 0 aliphatic carbocycles. The van der Waals surface area contributed by atoms with E-state index in [-0.39, 0.29) is 34.4 Å². The van der Waals surface area contributed by atoms with Crippen molar-refractivity contribution in [3.8, 4) is 0 Å². The normalized spacial score (nSPS) is 17.5. The zero-order valence-corrected chi connectivity index (χ0v) is 18.7. The zero-order valence-electron chi connectivity index (χ0n) is 17.1. The van der Waals surface area contributed by atoms with Crippen LogP contribution in [0.2, 0.25) is 0 Å².